The van der Waals surface area contributed by atoms with E-state index in [0.717, 1.165) is 24.7 Å². The number of ether oxygens (including phenoxy) is 1. The summed E-state index contributed by atoms with van der Waals surface area (Å²) >= 11 is 0. The third-order valence-electron chi connectivity index (χ3n) is 9.98. The van der Waals surface area contributed by atoms with E-state index in [2.05, 4.69) is 62.3 Å². The number of rotatable bonds is 7. The fraction of sp³-hybridized carbons (Fsp3) is 0.900. The number of hydrogen-bond acceptors (Lipinski definition) is 3. The highest BCUT2D eigenvalue weighted by Crippen LogP contribution is 2.65. The van der Waals surface area contributed by atoms with Gasteiger partial charge in [0.05, 0.1) is 13.2 Å². The molecule has 0 unspecified atom stereocenters. The Labute approximate surface area is 212 Å². The average Bonchev–Trinajstić information content (AvgIpc) is 2.72. The van der Waals surface area contributed by atoms with Gasteiger partial charge in [0.15, 0.2) is 0 Å². The topological polar surface area (TPSA) is 35.5 Å². The Morgan fingerprint density at radius 3 is 2.38 bits per heavy atom. The number of esters is 1. The van der Waals surface area contributed by atoms with Crippen LogP contribution in [0.15, 0.2) is 11.1 Å². The van der Waals surface area contributed by atoms with Crippen molar-refractivity contribution in [2.24, 2.45) is 28.6 Å². The van der Waals surface area contributed by atoms with Crippen LogP contribution in [0.5, 0.6) is 0 Å². The zero-order chi connectivity index (χ0) is 25.5. The largest absolute Gasteiger partial charge is 0.469 e. The number of allylic oxidation sites excluding steroid dienone is 2. The molecule has 0 amide bonds. The Kier molecular flexibility index (Phi) is 8.55. The van der Waals surface area contributed by atoms with Gasteiger partial charge in [-0.2, -0.15) is 0 Å². The van der Waals surface area contributed by atoms with Crippen molar-refractivity contribution < 1.29 is 14.0 Å². The lowest BCUT2D eigenvalue weighted by Gasteiger charge is -2.63. The third-order valence-corrected chi connectivity index (χ3v) is 13.0. The summed E-state index contributed by atoms with van der Waals surface area (Å²) in [6.45, 7) is 21.9. The van der Waals surface area contributed by atoms with Crippen molar-refractivity contribution in [3.8, 4) is 0 Å². The summed E-state index contributed by atoms with van der Waals surface area (Å²) < 4.78 is 12.0. The Morgan fingerprint density at radius 1 is 1.12 bits per heavy atom. The first-order chi connectivity index (χ1) is 15.7. The van der Waals surface area contributed by atoms with E-state index in [-0.39, 0.29) is 16.4 Å². The van der Waals surface area contributed by atoms with E-state index in [0.29, 0.717) is 29.4 Å². The van der Waals surface area contributed by atoms with E-state index in [1.165, 1.54) is 45.6 Å². The molecule has 195 valence electrons. The minimum atomic E-state index is -0.906. The smallest absolute Gasteiger partial charge is 0.305 e. The van der Waals surface area contributed by atoms with Gasteiger partial charge in [-0.05, 0) is 97.5 Å². The molecule has 0 saturated heterocycles. The maximum absolute atomic E-state index is 11.7. The standard InChI is InChI=1S/C30H53O3Si/c1-20(2)34(28(4,5)6)33-26-18-19-30(9)24-16-14-21(3)22(12-11-13-27(31)32-10)23(24)15-17-25(30)29(26,7)8/h20,23-26H,11-19H2,1-10H3/t23-,24-,25-,26-,30+/m0/s1. The fourth-order valence-corrected chi connectivity index (χ4v) is 11.6. The Hall–Kier alpha value is -0.613. The lowest BCUT2D eigenvalue weighted by molar-refractivity contribution is -0.144. The second kappa shape index (κ2) is 10.4. The summed E-state index contributed by atoms with van der Waals surface area (Å²) in [6, 6.07) is 0. The van der Waals surface area contributed by atoms with Crippen LogP contribution in [-0.4, -0.2) is 28.2 Å². The molecule has 5 atom stereocenters. The second-order valence-electron chi connectivity index (χ2n) is 13.9. The van der Waals surface area contributed by atoms with Crippen molar-refractivity contribution in [1.82, 2.24) is 0 Å². The lowest BCUT2D eigenvalue weighted by Crippen LogP contribution is -2.58. The number of fused-ring (bicyclic) bond motifs is 3. The van der Waals surface area contributed by atoms with E-state index < -0.39 is 9.04 Å². The van der Waals surface area contributed by atoms with Gasteiger partial charge in [0.25, 0.3) is 0 Å². The summed E-state index contributed by atoms with van der Waals surface area (Å²) in [5.41, 5.74) is 4.54. The Bertz CT molecular complexity index is 762. The number of carbonyl (C=O) groups excluding carboxylic acids is 1. The van der Waals surface area contributed by atoms with Crippen LogP contribution < -0.4 is 0 Å². The normalized spacial score (nSPS) is 33.6. The predicted octanol–water partition coefficient (Wildman–Crippen LogP) is 8.50. The molecule has 0 heterocycles. The predicted molar refractivity (Wildman–Crippen MR) is 144 cm³/mol. The van der Waals surface area contributed by atoms with Gasteiger partial charge in [-0.25, -0.2) is 0 Å². The summed E-state index contributed by atoms with van der Waals surface area (Å²) in [4.78, 5) is 11.7. The van der Waals surface area contributed by atoms with Crippen LogP contribution in [0.1, 0.15) is 120 Å². The quantitative estimate of drug-likeness (QED) is 0.204. The summed E-state index contributed by atoms with van der Waals surface area (Å²) in [5.74, 6) is 2.15. The van der Waals surface area contributed by atoms with Gasteiger partial charge < -0.3 is 9.16 Å². The fourth-order valence-electron chi connectivity index (χ4n) is 8.48. The Balaban J connectivity index is 1.79. The third kappa shape index (κ3) is 5.38. The zero-order valence-corrected chi connectivity index (χ0v) is 25.0. The van der Waals surface area contributed by atoms with Gasteiger partial charge in [0.1, 0.15) is 0 Å². The first-order valence-corrected chi connectivity index (χ1v) is 15.5. The molecule has 3 nitrogen and oxygen atoms in total. The van der Waals surface area contributed by atoms with Crippen LogP contribution in [0, 0.1) is 28.6 Å². The second-order valence-corrected chi connectivity index (χ2v) is 17.5. The van der Waals surface area contributed by atoms with Crippen molar-refractivity contribution in [2.75, 3.05) is 7.11 Å². The summed E-state index contributed by atoms with van der Waals surface area (Å²) in [6.07, 6.45) is 10.7. The molecule has 0 aromatic rings. The van der Waals surface area contributed by atoms with E-state index in [1.54, 1.807) is 11.1 Å². The molecule has 1 radical (unpaired) electrons. The highest BCUT2D eigenvalue weighted by atomic mass is 28.3. The molecular formula is C30H53O3Si. The highest BCUT2D eigenvalue weighted by Gasteiger charge is 2.59. The molecule has 0 aromatic carbocycles. The van der Waals surface area contributed by atoms with Crippen molar-refractivity contribution in [3.05, 3.63) is 11.1 Å². The summed E-state index contributed by atoms with van der Waals surface area (Å²) in [7, 11) is 0.594. The number of methoxy groups -OCH3 is 1. The molecule has 4 heteroatoms. The van der Waals surface area contributed by atoms with Crippen molar-refractivity contribution in [3.63, 3.8) is 0 Å². The molecule has 0 aromatic heterocycles. The van der Waals surface area contributed by atoms with Crippen molar-refractivity contribution in [1.29, 1.82) is 0 Å². The highest BCUT2D eigenvalue weighted by molar-refractivity contribution is 6.56. The average molecular weight is 490 g/mol. The van der Waals surface area contributed by atoms with E-state index in [4.69, 9.17) is 9.16 Å². The minimum absolute atomic E-state index is 0.0704. The maximum Gasteiger partial charge on any atom is 0.305 e. The van der Waals surface area contributed by atoms with Crippen LogP contribution >= 0.6 is 0 Å². The van der Waals surface area contributed by atoms with Gasteiger partial charge >= 0.3 is 5.97 Å². The zero-order valence-electron chi connectivity index (χ0n) is 24.0. The molecule has 34 heavy (non-hydrogen) atoms. The first kappa shape index (κ1) is 28.0. The van der Waals surface area contributed by atoms with Gasteiger partial charge in [-0.1, -0.05) is 66.5 Å². The maximum atomic E-state index is 11.7. The van der Waals surface area contributed by atoms with Gasteiger partial charge in [-0.3, -0.25) is 4.79 Å². The van der Waals surface area contributed by atoms with E-state index in [9.17, 15) is 4.79 Å². The minimum Gasteiger partial charge on any atom is -0.469 e. The number of hydrogen-bond donors (Lipinski definition) is 0. The van der Waals surface area contributed by atoms with Crippen LogP contribution in [0.2, 0.25) is 10.6 Å². The lowest BCUT2D eigenvalue weighted by atomic mass is 9.43. The monoisotopic (exact) mass is 489 g/mol. The molecule has 3 rings (SSSR count). The van der Waals surface area contributed by atoms with Gasteiger partial charge in [0, 0.05) is 6.42 Å². The van der Waals surface area contributed by atoms with Gasteiger partial charge in [0.2, 0.25) is 9.04 Å². The molecule has 0 bridgehead atoms. The molecule has 0 N–H and O–H groups in total. The molecular weight excluding hydrogens is 436 g/mol. The van der Waals surface area contributed by atoms with E-state index >= 15 is 0 Å². The summed E-state index contributed by atoms with van der Waals surface area (Å²) in [5, 5.41) is 0.262. The Morgan fingerprint density at radius 2 is 1.79 bits per heavy atom. The molecule has 3 aliphatic carbocycles. The van der Waals surface area contributed by atoms with Gasteiger partial charge in [-0.15, -0.1) is 0 Å². The van der Waals surface area contributed by atoms with Crippen LogP contribution in [0.4, 0.5) is 0 Å². The van der Waals surface area contributed by atoms with Crippen molar-refractivity contribution in [2.45, 2.75) is 137 Å². The molecule has 2 fully saturated rings. The van der Waals surface area contributed by atoms with Crippen molar-refractivity contribution >= 4 is 15.0 Å². The first-order valence-electron chi connectivity index (χ1n) is 14.0. The van der Waals surface area contributed by atoms with Crippen LogP contribution in [0.3, 0.4) is 0 Å². The number of carbonyl (C=O) groups is 1. The molecule has 0 aliphatic heterocycles. The SMILES string of the molecule is COC(=O)CCCC1=C(C)CC[C@H]2[C@H]1CC[C@H]1C(C)(C)[C@@H](O[Si](C(C)C)C(C)(C)C)CC[C@]21C. The molecule has 2 saturated carbocycles. The molecule has 0 spiro atoms. The van der Waals surface area contributed by atoms with Crippen LogP contribution in [0.25, 0.3) is 0 Å². The molecule has 3 aliphatic rings. The van der Waals surface area contributed by atoms with Crippen LogP contribution in [-0.2, 0) is 14.0 Å². The van der Waals surface area contributed by atoms with E-state index in [1.807, 2.05) is 0 Å².